The molecule has 1 aliphatic carbocycles. The van der Waals surface area contributed by atoms with Crippen LogP contribution in [0.5, 0.6) is 5.75 Å². The van der Waals surface area contributed by atoms with Gasteiger partial charge in [0.15, 0.2) is 0 Å². The van der Waals surface area contributed by atoms with Gasteiger partial charge in [-0.25, -0.2) is 4.98 Å². The molecular formula is C25H26ClF3N4O2. The minimum Gasteiger partial charge on any atom is -0.406 e. The quantitative estimate of drug-likeness (QED) is 0.449. The molecule has 1 amide bonds. The van der Waals surface area contributed by atoms with E-state index in [-0.39, 0.29) is 17.1 Å². The summed E-state index contributed by atoms with van der Waals surface area (Å²) < 4.78 is 41.1. The van der Waals surface area contributed by atoms with Crippen LogP contribution in [0.15, 0.2) is 36.5 Å². The first-order chi connectivity index (χ1) is 16.7. The summed E-state index contributed by atoms with van der Waals surface area (Å²) in [6.07, 6.45) is 0.602. The van der Waals surface area contributed by atoms with Gasteiger partial charge in [-0.2, -0.15) is 0 Å². The molecule has 2 aromatic heterocycles. The van der Waals surface area contributed by atoms with Gasteiger partial charge < -0.3 is 19.9 Å². The molecule has 3 aromatic rings. The summed E-state index contributed by atoms with van der Waals surface area (Å²) in [5, 5.41) is 4.35. The molecule has 1 aliphatic heterocycles. The fraction of sp³-hybridized carbons (Fsp3) is 0.440. The number of carbonyl (C=O) groups is 1. The molecule has 2 fully saturated rings. The Morgan fingerprint density at radius 3 is 2.66 bits per heavy atom. The van der Waals surface area contributed by atoms with E-state index < -0.39 is 6.36 Å². The third kappa shape index (κ3) is 4.91. The van der Waals surface area contributed by atoms with E-state index in [2.05, 4.69) is 24.9 Å². The van der Waals surface area contributed by atoms with Gasteiger partial charge in [0.1, 0.15) is 11.4 Å². The van der Waals surface area contributed by atoms with Crippen molar-refractivity contribution in [2.75, 3.05) is 24.5 Å². The van der Waals surface area contributed by atoms with E-state index in [9.17, 15) is 18.0 Å². The Hall–Kier alpha value is -2.94. The Kier molecular flexibility index (Phi) is 6.07. The Morgan fingerprint density at radius 1 is 1.29 bits per heavy atom. The molecular weight excluding hydrogens is 481 g/mol. The molecule has 0 radical (unpaired) electrons. The number of nitrogens with zero attached hydrogens (tertiary/aromatic N) is 2. The number of halogens is 4. The second-order valence-corrected chi connectivity index (χ2v) is 9.82. The summed E-state index contributed by atoms with van der Waals surface area (Å²) in [7, 11) is 0. The number of fused-ring (bicyclic) bond motifs is 1. The van der Waals surface area contributed by atoms with Crippen LogP contribution in [-0.2, 0) is 6.42 Å². The maximum absolute atomic E-state index is 13.1. The van der Waals surface area contributed by atoms with Gasteiger partial charge in [0.25, 0.3) is 5.91 Å². The zero-order valence-corrected chi connectivity index (χ0v) is 20.0. The van der Waals surface area contributed by atoms with Crippen LogP contribution < -0.4 is 15.0 Å². The number of ether oxygens (including phenoxy) is 1. The van der Waals surface area contributed by atoms with E-state index in [0.717, 1.165) is 49.1 Å². The first-order valence-electron chi connectivity index (χ1n) is 11.7. The minimum absolute atomic E-state index is 0.113. The lowest BCUT2D eigenvalue weighted by atomic mass is 9.90. The van der Waals surface area contributed by atoms with E-state index in [1.165, 1.54) is 12.1 Å². The van der Waals surface area contributed by atoms with Crippen molar-refractivity contribution in [3.63, 3.8) is 0 Å². The third-order valence-corrected chi connectivity index (χ3v) is 7.54. The van der Waals surface area contributed by atoms with E-state index in [1.54, 1.807) is 24.4 Å². The van der Waals surface area contributed by atoms with Gasteiger partial charge in [-0.1, -0.05) is 18.5 Å². The lowest BCUT2D eigenvalue weighted by molar-refractivity contribution is -0.274. The van der Waals surface area contributed by atoms with Crippen LogP contribution in [0, 0.1) is 11.3 Å². The lowest BCUT2D eigenvalue weighted by Gasteiger charge is -2.34. The number of nitrogens with one attached hydrogen (secondary N) is 2. The Morgan fingerprint density at radius 2 is 2.00 bits per heavy atom. The average Bonchev–Trinajstić information content (AvgIpc) is 3.35. The summed E-state index contributed by atoms with van der Waals surface area (Å²) in [5.41, 5.74) is 3.22. The first kappa shape index (κ1) is 23.8. The number of piperidine rings is 1. The second kappa shape index (κ2) is 8.93. The van der Waals surface area contributed by atoms with Crippen molar-refractivity contribution in [3.8, 4) is 5.75 Å². The highest BCUT2D eigenvalue weighted by molar-refractivity contribution is 6.31. The van der Waals surface area contributed by atoms with Crippen LogP contribution in [-0.4, -0.2) is 41.9 Å². The van der Waals surface area contributed by atoms with Crippen LogP contribution >= 0.6 is 11.6 Å². The van der Waals surface area contributed by atoms with E-state index in [4.69, 9.17) is 11.6 Å². The van der Waals surface area contributed by atoms with Crippen molar-refractivity contribution in [2.45, 2.75) is 39.0 Å². The highest BCUT2D eigenvalue weighted by Gasteiger charge is 2.54. The smallest absolute Gasteiger partial charge is 0.406 e. The van der Waals surface area contributed by atoms with Gasteiger partial charge >= 0.3 is 6.36 Å². The van der Waals surface area contributed by atoms with Gasteiger partial charge in [0.2, 0.25) is 0 Å². The van der Waals surface area contributed by atoms with Gasteiger partial charge in [-0.15, -0.1) is 13.2 Å². The normalized spacial score (nSPS) is 19.2. The molecule has 1 spiro atoms. The van der Waals surface area contributed by atoms with Crippen LogP contribution in [0.4, 0.5) is 18.9 Å². The molecule has 10 heteroatoms. The highest BCUT2D eigenvalue weighted by atomic mass is 35.5. The number of carbonyl (C=O) groups excluding carboxylic acids is 1. The van der Waals surface area contributed by atoms with Crippen molar-refractivity contribution in [2.24, 2.45) is 11.3 Å². The molecule has 3 heterocycles. The number of alkyl halides is 3. The summed E-state index contributed by atoms with van der Waals surface area (Å²) in [5.74, 6) is 0.0955. The fourth-order valence-corrected chi connectivity index (χ4v) is 5.49. The van der Waals surface area contributed by atoms with Crippen molar-refractivity contribution >= 4 is 34.2 Å². The average molecular weight is 507 g/mol. The Labute approximate surface area is 205 Å². The summed E-state index contributed by atoms with van der Waals surface area (Å²) in [6, 6.07) is 7.79. The molecule has 6 nitrogen and oxygen atoms in total. The summed E-state index contributed by atoms with van der Waals surface area (Å²) in [6.45, 7) is 4.27. The number of benzene rings is 1. The Balaban J connectivity index is 1.16. The van der Waals surface area contributed by atoms with Gasteiger partial charge in [0.05, 0.1) is 10.6 Å². The van der Waals surface area contributed by atoms with Gasteiger partial charge in [-0.3, -0.25) is 4.79 Å². The minimum atomic E-state index is -4.69. The largest absolute Gasteiger partial charge is 0.573 e. The number of rotatable bonds is 6. The monoisotopic (exact) mass is 506 g/mol. The molecule has 1 saturated carbocycles. The molecule has 186 valence electrons. The number of aromatic amines is 1. The first-order valence-corrected chi connectivity index (χ1v) is 12.1. The predicted molar refractivity (Wildman–Crippen MR) is 128 cm³/mol. The number of amides is 1. The van der Waals surface area contributed by atoms with Gasteiger partial charge in [-0.05, 0) is 67.3 Å². The number of hydrogen-bond donors (Lipinski definition) is 2. The van der Waals surface area contributed by atoms with Crippen molar-refractivity contribution < 1.29 is 22.7 Å². The zero-order chi connectivity index (χ0) is 24.8. The number of H-pyrrole nitrogens is 1. The SMILES string of the molecule is CCc1[nH]c2ncc(Cl)cc2c1C(=O)NCC1CC12CCN(c1ccc(OC(F)(F)F)cc1)CC2. The third-order valence-electron chi connectivity index (χ3n) is 7.34. The molecule has 1 saturated heterocycles. The maximum Gasteiger partial charge on any atom is 0.573 e. The van der Waals surface area contributed by atoms with Crippen molar-refractivity contribution in [3.05, 3.63) is 52.8 Å². The number of anilines is 1. The maximum atomic E-state index is 13.1. The Bertz CT molecular complexity index is 1230. The standard InChI is InChI=1S/C25H26ClF3N4O2/c1-2-20-21(19-11-16(26)14-30-22(19)32-20)23(34)31-13-15-12-24(15)7-9-33(10-8-24)17-3-5-18(6-4-17)35-25(27,28)29/h3-6,11,14-15H,2,7-10,12-13H2,1H3,(H,30,32)(H,31,34). The van der Waals surface area contributed by atoms with Gasteiger partial charge in [0, 0.05) is 42.6 Å². The van der Waals surface area contributed by atoms with E-state index >= 15 is 0 Å². The van der Waals surface area contributed by atoms with Crippen LogP contribution in [0.3, 0.4) is 0 Å². The molecule has 1 aromatic carbocycles. The molecule has 2 N–H and O–H groups in total. The molecule has 1 atom stereocenters. The second-order valence-electron chi connectivity index (χ2n) is 9.38. The molecule has 1 unspecified atom stereocenters. The van der Waals surface area contributed by atoms with Crippen LogP contribution in [0.25, 0.3) is 11.0 Å². The van der Waals surface area contributed by atoms with E-state index in [0.29, 0.717) is 35.1 Å². The number of aromatic nitrogens is 2. The van der Waals surface area contributed by atoms with E-state index in [1.807, 2.05) is 6.92 Å². The molecule has 0 bridgehead atoms. The van der Waals surface area contributed by atoms with Crippen molar-refractivity contribution in [1.29, 1.82) is 0 Å². The van der Waals surface area contributed by atoms with Crippen LogP contribution in [0.2, 0.25) is 5.02 Å². The summed E-state index contributed by atoms with van der Waals surface area (Å²) in [4.78, 5) is 22.8. The highest BCUT2D eigenvalue weighted by Crippen LogP contribution is 2.59. The number of pyridine rings is 1. The molecule has 5 rings (SSSR count). The van der Waals surface area contributed by atoms with Crippen molar-refractivity contribution in [1.82, 2.24) is 15.3 Å². The number of aryl methyl sites for hydroxylation is 1. The fourth-order valence-electron chi connectivity index (χ4n) is 5.33. The van der Waals surface area contributed by atoms with Crippen LogP contribution in [0.1, 0.15) is 42.2 Å². The molecule has 2 aliphatic rings. The molecule has 35 heavy (non-hydrogen) atoms. The topological polar surface area (TPSA) is 70.2 Å². The number of hydrogen-bond acceptors (Lipinski definition) is 4. The lowest BCUT2D eigenvalue weighted by Crippen LogP contribution is -2.36. The summed E-state index contributed by atoms with van der Waals surface area (Å²) >= 11 is 6.11. The zero-order valence-electron chi connectivity index (χ0n) is 19.2. The predicted octanol–water partition coefficient (Wildman–Crippen LogP) is 5.71.